The average molecular weight is 264 g/mol. The summed E-state index contributed by atoms with van der Waals surface area (Å²) in [5, 5.41) is 22.5. The van der Waals surface area contributed by atoms with Crippen LogP contribution in [0.2, 0.25) is 0 Å². The maximum atomic E-state index is 11.4. The average Bonchev–Trinajstić information content (AvgIpc) is 2.33. The molecule has 0 aliphatic carbocycles. The first-order chi connectivity index (χ1) is 8.78. The van der Waals surface area contributed by atoms with Gasteiger partial charge in [0.1, 0.15) is 0 Å². The van der Waals surface area contributed by atoms with Gasteiger partial charge < -0.3 is 10.4 Å². The van der Waals surface area contributed by atoms with Crippen molar-refractivity contribution in [2.75, 3.05) is 6.54 Å². The first-order valence-corrected chi connectivity index (χ1v) is 5.71. The number of hydrogen-bond acceptors (Lipinski definition) is 4. The molecule has 0 fully saturated rings. The molecule has 6 nitrogen and oxygen atoms in total. The van der Waals surface area contributed by atoms with Crippen molar-refractivity contribution in [3.05, 3.63) is 46.0 Å². The fraction of sp³-hybridized carbons (Fsp3) is 0.308. The maximum absolute atomic E-state index is 11.4. The molecule has 0 aliphatic heterocycles. The Balaban J connectivity index is 2.64. The molecular weight excluding hydrogens is 248 g/mol. The Morgan fingerprint density at radius 3 is 2.79 bits per heavy atom. The second-order valence-corrected chi connectivity index (χ2v) is 4.72. The standard InChI is InChI=1S/C13H16N2O4/c1-13(2,17)9-14-12(16)7-6-10-4-3-5-11(8-10)15(18)19/h3-8,17H,9H2,1-2H3,(H,14,16). The van der Waals surface area contributed by atoms with Crippen molar-refractivity contribution in [3.8, 4) is 0 Å². The van der Waals surface area contributed by atoms with E-state index in [0.717, 1.165) is 0 Å². The highest BCUT2D eigenvalue weighted by molar-refractivity contribution is 5.91. The van der Waals surface area contributed by atoms with Crippen molar-refractivity contribution in [3.63, 3.8) is 0 Å². The maximum Gasteiger partial charge on any atom is 0.270 e. The van der Waals surface area contributed by atoms with E-state index in [-0.39, 0.29) is 18.1 Å². The molecule has 1 aromatic carbocycles. The van der Waals surface area contributed by atoms with Crippen LogP contribution >= 0.6 is 0 Å². The van der Waals surface area contributed by atoms with E-state index in [0.29, 0.717) is 5.56 Å². The Morgan fingerprint density at radius 1 is 1.53 bits per heavy atom. The molecule has 19 heavy (non-hydrogen) atoms. The number of carbonyl (C=O) groups excluding carboxylic acids is 1. The van der Waals surface area contributed by atoms with Crippen molar-refractivity contribution in [2.45, 2.75) is 19.4 Å². The largest absolute Gasteiger partial charge is 0.389 e. The van der Waals surface area contributed by atoms with E-state index in [2.05, 4.69) is 5.32 Å². The van der Waals surface area contributed by atoms with Gasteiger partial charge in [0.15, 0.2) is 0 Å². The van der Waals surface area contributed by atoms with E-state index in [9.17, 15) is 20.0 Å². The Kier molecular flexibility index (Phi) is 4.77. The summed E-state index contributed by atoms with van der Waals surface area (Å²) in [6.07, 6.45) is 2.75. The molecular formula is C13H16N2O4. The normalized spacial score (nSPS) is 11.5. The highest BCUT2D eigenvalue weighted by atomic mass is 16.6. The molecule has 0 radical (unpaired) electrons. The van der Waals surface area contributed by atoms with Gasteiger partial charge in [0.05, 0.1) is 10.5 Å². The number of nitro groups is 1. The lowest BCUT2D eigenvalue weighted by Crippen LogP contribution is -2.37. The molecule has 0 aliphatic rings. The van der Waals surface area contributed by atoms with Crippen LogP contribution in [0.5, 0.6) is 0 Å². The Hall–Kier alpha value is -2.21. The highest BCUT2D eigenvalue weighted by Gasteiger charge is 2.12. The van der Waals surface area contributed by atoms with Crippen LogP contribution in [0.15, 0.2) is 30.3 Å². The number of rotatable bonds is 5. The number of nitrogens with one attached hydrogen (secondary N) is 1. The molecule has 0 bridgehead atoms. The zero-order valence-corrected chi connectivity index (χ0v) is 10.8. The van der Waals surface area contributed by atoms with E-state index < -0.39 is 10.5 Å². The van der Waals surface area contributed by atoms with Crippen LogP contribution in [-0.4, -0.2) is 28.1 Å². The second kappa shape index (κ2) is 6.10. The van der Waals surface area contributed by atoms with Gasteiger partial charge in [-0.3, -0.25) is 14.9 Å². The molecule has 0 heterocycles. The number of nitro benzene ring substituents is 1. The van der Waals surface area contributed by atoms with Gasteiger partial charge >= 0.3 is 0 Å². The zero-order valence-electron chi connectivity index (χ0n) is 10.8. The lowest BCUT2D eigenvalue weighted by atomic mass is 10.1. The van der Waals surface area contributed by atoms with E-state index in [1.807, 2.05) is 0 Å². The molecule has 1 amide bonds. The molecule has 0 saturated carbocycles. The van der Waals surface area contributed by atoms with Gasteiger partial charge in [0, 0.05) is 24.8 Å². The molecule has 1 aromatic rings. The van der Waals surface area contributed by atoms with Gasteiger partial charge in [-0.1, -0.05) is 12.1 Å². The summed E-state index contributed by atoms with van der Waals surface area (Å²) in [6.45, 7) is 3.29. The van der Waals surface area contributed by atoms with Crippen molar-refractivity contribution >= 4 is 17.7 Å². The number of hydrogen-bond donors (Lipinski definition) is 2. The Morgan fingerprint density at radius 2 is 2.21 bits per heavy atom. The zero-order chi connectivity index (χ0) is 14.5. The van der Waals surface area contributed by atoms with Crippen molar-refractivity contribution in [1.29, 1.82) is 0 Å². The lowest BCUT2D eigenvalue weighted by Gasteiger charge is -2.16. The number of nitrogens with zero attached hydrogens (tertiary/aromatic N) is 1. The van der Waals surface area contributed by atoms with E-state index >= 15 is 0 Å². The van der Waals surface area contributed by atoms with E-state index in [1.165, 1.54) is 24.3 Å². The van der Waals surface area contributed by atoms with Crippen LogP contribution in [0.4, 0.5) is 5.69 Å². The molecule has 0 unspecified atom stereocenters. The molecule has 6 heteroatoms. The molecule has 0 aromatic heterocycles. The molecule has 102 valence electrons. The minimum absolute atomic E-state index is 0.0287. The van der Waals surface area contributed by atoms with Crippen LogP contribution in [0, 0.1) is 10.1 Å². The highest BCUT2D eigenvalue weighted by Crippen LogP contribution is 2.13. The third-order valence-electron chi connectivity index (χ3n) is 2.20. The second-order valence-electron chi connectivity index (χ2n) is 4.72. The van der Waals surface area contributed by atoms with Crippen molar-refractivity contribution in [2.24, 2.45) is 0 Å². The number of non-ortho nitro benzene ring substituents is 1. The lowest BCUT2D eigenvalue weighted by molar-refractivity contribution is -0.384. The third kappa shape index (κ3) is 5.78. The fourth-order valence-electron chi connectivity index (χ4n) is 1.28. The Labute approximate surface area is 110 Å². The molecule has 1 rings (SSSR count). The van der Waals surface area contributed by atoms with Gasteiger partial charge in [0.25, 0.3) is 5.69 Å². The summed E-state index contributed by atoms with van der Waals surface area (Å²) in [6, 6.07) is 5.96. The van der Waals surface area contributed by atoms with E-state index in [1.54, 1.807) is 26.0 Å². The number of amides is 1. The fourth-order valence-corrected chi connectivity index (χ4v) is 1.28. The van der Waals surface area contributed by atoms with Gasteiger partial charge in [-0.15, -0.1) is 0 Å². The van der Waals surface area contributed by atoms with Crippen LogP contribution in [0.25, 0.3) is 6.08 Å². The SMILES string of the molecule is CC(C)(O)CNC(=O)C=Cc1cccc([N+](=O)[O-])c1. The quantitative estimate of drug-likeness (QED) is 0.479. The number of carbonyl (C=O) groups is 1. The predicted octanol–water partition coefficient (Wildman–Crippen LogP) is 1.50. The minimum atomic E-state index is -0.977. The summed E-state index contributed by atoms with van der Waals surface area (Å²) in [4.78, 5) is 21.5. The smallest absolute Gasteiger partial charge is 0.270 e. The number of benzene rings is 1. The molecule has 0 saturated heterocycles. The number of aliphatic hydroxyl groups is 1. The van der Waals surface area contributed by atoms with Crippen LogP contribution in [-0.2, 0) is 4.79 Å². The Bertz CT molecular complexity index is 504. The molecule has 0 spiro atoms. The molecule has 0 atom stereocenters. The summed E-state index contributed by atoms with van der Waals surface area (Å²) < 4.78 is 0. The molecule has 2 N–H and O–H groups in total. The topological polar surface area (TPSA) is 92.5 Å². The van der Waals surface area contributed by atoms with Gasteiger partial charge in [-0.05, 0) is 25.5 Å². The van der Waals surface area contributed by atoms with Gasteiger partial charge in [0.2, 0.25) is 5.91 Å². The van der Waals surface area contributed by atoms with Crippen LogP contribution in [0.1, 0.15) is 19.4 Å². The minimum Gasteiger partial charge on any atom is -0.389 e. The summed E-state index contributed by atoms with van der Waals surface area (Å²) >= 11 is 0. The predicted molar refractivity (Wildman–Crippen MR) is 71.4 cm³/mol. The van der Waals surface area contributed by atoms with Crippen LogP contribution < -0.4 is 5.32 Å². The summed E-state index contributed by atoms with van der Waals surface area (Å²) in [5.74, 6) is -0.367. The van der Waals surface area contributed by atoms with Gasteiger partial charge in [-0.2, -0.15) is 0 Å². The third-order valence-corrected chi connectivity index (χ3v) is 2.20. The van der Waals surface area contributed by atoms with Crippen molar-refractivity contribution in [1.82, 2.24) is 5.32 Å². The summed E-state index contributed by atoms with van der Waals surface area (Å²) in [7, 11) is 0. The van der Waals surface area contributed by atoms with E-state index in [4.69, 9.17) is 0 Å². The summed E-state index contributed by atoms with van der Waals surface area (Å²) in [5.41, 5.74) is -0.443. The van der Waals surface area contributed by atoms with Gasteiger partial charge in [-0.25, -0.2) is 0 Å². The monoisotopic (exact) mass is 264 g/mol. The first-order valence-electron chi connectivity index (χ1n) is 5.71. The van der Waals surface area contributed by atoms with Crippen LogP contribution in [0.3, 0.4) is 0 Å². The first kappa shape index (κ1) is 14.8. The van der Waals surface area contributed by atoms with Crippen molar-refractivity contribution < 1.29 is 14.8 Å².